The molecule has 0 aromatic heterocycles. The van der Waals surface area contributed by atoms with Gasteiger partial charge < -0.3 is 23.0 Å². The molecular weight excluding hydrogens is 245 g/mol. The predicted molar refractivity (Wildman–Crippen MR) is 69.7 cm³/mol. The molecule has 0 saturated heterocycles. The summed E-state index contributed by atoms with van der Waals surface area (Å²) >= 11 is 0. The van der Waals surface area contributed by atoms with E-state index in [4.69, 9.17) is 0 Å². The first-order valence-corrected chi connectivity index (χ1v) is 6.87. The van der Waals surface area contributed by atoms with E-state index in [1.807, 2.05) is 0 Å². The molecule has 0 aliphatic carbocycles. The van der Waals surface area contributed by atoms with Crippen molar-refractivity contribution in [2.24, 2.45) is 5.92 Å². The third-order valence-corrected chi connectivity index (χ3v) is 3.67. The van der Waals surface area contributed by atoms with E-state index in [9.17, 15) is 17.3 Å². The average Bonchev–Trinajstić information content (AvgIpc) is 2.27. The number of quaternary nitrogens is 1. The summed E-state index contributed by atoms with van der Waals surface area (Å²) in [4.78, 5) is 0. The van der Waals surface area contributed by atoms with Crippen molar-refractivity contribution in [1.29, 1.82) is 0 Å². The molecule has 0 bridgehead atoms. The molecule has 0 amide bonds. The smallest absolute Gasteiger partial charge is 0.418 e. The van der Waals surface area contributed by atoms with Crippen LogP contribution in [0.15, 0.2) is 0 Å². The fraction of sp³-hybridized carbons (Fsp3) is 1.00. The highest BCUT2D eigenvalue weighted by atomic mass is 19.5. The van der Waals surface area contributed by atoms with Crippen LogP contribution in [0.3, 0.4) is 0 Å². The van der Waals surface area contributed by atoms with Gasteiger partial charge in [-0.15, -0.1) is 0 Å². The van der Waals surface area contributed by atoms with E-state index in [0.29, 0.717) is 5.54 Å². The molecule has 6 heteroatoms. The molecule has 1 unspecified atom stereocenters. The first-order valence-electron chi connectivity index (χ1n) is 6.87. The molecule has 0 spiro atoms. The number of halogens is 4. The van der Waals surface area contributed by atoms with E-state index < -0.39 is 7.25 Å². The van der Waals surface area contributed by atoms with Gasteiger partial charge in [0.15, 0.2) is 0 Å². The molecule has 0 heterocycles. The summed E-state index contributed by atoms with van der Waals surface area (Å²) in [6, 6.07) is 0. The van der Waals surface area contributed by atoms with Crippen molar-refractivity contribution in [3.8, 4) is 0 Å². The van der Waals surface area contributed by atoms with Gasteiger partial charge in [0.2, 0.25) is 0 Å². The Morgan fingerprint density at radius 1 is 1.00 bits per heavy atom. The van der Waals surface area contributed by atoms with Gasteiger partial charge in [-0.3, -0.25) is 0 Å². The van der Waals surface area contributed by atoms with Crippen molar-refractivity contribution >= 4 is 7.25 Å². The Morgan fingerprint density at radius 3 is 1.61 bits per heavy atom. The monoisotopic (exact) mass is 273 g/mol. The molecule has 112 valence electrons. The predicted octanol–water partition coefficient (Wildman–Crippen LogP) is 4.30. The lowest BCUT2D eigenvalue weighted by molar-refractivity contribution is -0.495. The topological polar surface area (TPSA) is 27.6 Å². The lowest BCUT2D eigenvalue weighted by atomic mass is 9.76. The second-order valence-electron chi connectivity index (χ2n) is 4.81. The summed E-state index contributed by atoms with van der Waals surface area (Å²) < 4.78 is 39.0. The summed E-state index contributed by atoms with van der Waals surface area (Å²) in [6.45, 7) is 9.15. The number of rotatable bonds is 7. The molecule has 0 aromatic rings. The summed E-state index contributed by atoms with van der Waals surface area (Å²) in [5, 5.41) is 0. The fourth-order valence-corrected chi connectivity index (χ4v) is 2.22. The Balaban J connectivity index is 0. The molecule has 1 nitrogen and oxygen atoms in total. The average molecular weight is 273 g/mol. The van der Waals surface area contributed by atoms with Crippen LogP contribution in [0.25, 0.3) is 0 Å². The summed E-state index contributed by atoms with van der Waals surface area (Å²) in [6.07, 6.45) is 7.82. The summed E-state index contributed by atoms with van der Waals surface area (Å²) in [7, 11) is -6.00. The molecule has 0 aromatic carbocycles. The normalized spacial score (nSPS) is 13.8. The third-order valence-electron chi connectivity index (χ3n) is 3.67. The van der Waals surface area contributed by atoms with Crippen LogP contribution in [0.5, 0.6) is 0 Å². The zero-order valence-electron chi connectivity index (χ0n) is 12.1. The first kappa shape index (κ1) is 20.1. The maximum atomic E-state index is 9.75. The van der Waals surface area contributed by atoms with Crippen molar-refractivity contribution in [3.63, 3.8) is 0 Å². The van der Waals surface area contributed by atoms with Crippen molar-refractivity contribution in [3.05, 3.63) is 0 Å². The van der Waals surface area contributed by atoms with Gasteiger partial charge in [-0.2, -0.15) is 0 Å². The van der Waals surface area contributed by atoms with Crippen molar-refractivity contribution in [2.45, 2.75) is 71.8 Å². The van der Waals surface area contributed by atoms with Gasteiger partial charge in [-0.05, 0) is 25.7 Å². The highest BCUT2D eigenvalue weighted by Gasteiger charge is 2.33. The van der Waals surface area contributed by atoms with E-state index in [1.165, 1.54) is 38.5 Å². The van der Waals surface area contributed by atoms with E-state index in [0.717, 1.165) is 5.92 Å². The van der Waals surface area contributed by atoms with Crippen molar-refractivity contribution in [1.82, 2.24) is 0 Å². The lowest BCUT2D eigenvalue weighted by Crippen LogP contribution is -2.75. The molecular formula is C12H28BF4N. The maximum Gasteiger partial charge on any atom is 0.673 e. The Labute approximate surface area is 109 Å². The fourth-order valence-electron chi connectivity index (χ4n) is 2.22. The van der Waals surface area contributed by atoms with E-state index in [1.54, 1.807) is 0 Å². The zero-order valence-corrected chi connectivity index (χ0v) is 12.1. The molecule has 0 rings (SSSR count). The van der Waals surface area contributed by atoms with Gasteiger partial charge in [-0.1, -0.05) is 40.5 Å². The van der Waals surface area contributed by atoms with Gasteiger partial charge in [0.25, 0.3) is 0 Å². The van der Waals surface area contributed by atoms with Gasteiger partial charge >= 0.3 is 7.25 Å². The van der Waals surface area contributed by atoms with Crippen LogP contribution >= 0.6 is 0 Å². The van der Waals surface area contributed by atoms with Crippen LogP contribution in [0.2, 0.25) is 0 Å². The Kier molecular flexibility index (Phi) is 10.8. The van der Waals surface area contributed by atoms with Gasteiger partial charge in [0.1, 0.15) is 0 Å². The van der Waals surface area contributed by atoms with Crippen LogP contribution in [-0.4, -0.2) is 12.8 Å². The quantitative estimate of drug-likeness (QED) is 0.529. The molecule has 0 aliphatic heterocycles. The van der Waals surface area contributed by atoms with E-state index in [2.05, 4.69) is 33.4 Å². The maximum absolute atomic E-state index is 9.75. The van der Waals surface area contributed by atoms with Crippen LogP contribution in [0.1, 0.15) is 66.2 Å². The highest BCUT2D eigenvalue weighted by Crippen LogP contribution is 2.27. The summed E-state index contributed by atoms with van der Waals surface area (Å²) in [5.41, 5.74) is 4.78. The molecule has 0 radical (unpaired) electrons. The molecule has 3 N–H and O–H groups in total. The SMILES string of the molecule is CCCCC(CC)C([NH3+])(CC)CC.F[B-](F)(F)F. The number of hydrogen-bond acceptors (Lipinski definition) is 0. The van der Waals surface area contributed by atoms with Crippen LogP contribution in [0.4, 0.5) is 17.3 Å². The Morgan fingerprint density at radius 2 is 1.39 bits per heavy atom. The molecule has 1 atom stereocenters. The Bertz CT molecular complexity index is 187. The molecule has 0 fully saturated rings. The second kappa shape index (κ2) is 9.65. The van der Waals surface area contributed by atoms with E-state index >= 15 is 0 Å². The van der Waals surface area contributed by atoms with Crippen molar-refractivity contribution < 1.29 is 23.0 Å². The molecule has 0 aliphatic rings. The molecule has 18 heavy (non-hydrogen) atoms. The van der Waals surface area contributed by atoms with Gasteiger partial charge in [0.05, 0.1) is 5.54 Å². The number of unbranched alkanes of at least 4 members (excludes halogenated alkanes) is 1. The lowest BCUT2D eigenvalue weighted by Gasteiger charge is -2.32. The van der Waals surface area contributed by atoms with Crippen LogP contribution < -0.4 is 5.73 Å². The summed E-state index contributed by atoms with van der Waals surface area (Å²) in [5.74, 6) is 0.836. The second-order valence-corrected chi connectivity index (χ2v) is 4.81. The highest BCUT2D eigenvalue weighted by molar-refractivity contribution is 6.50. The Hall–Kier alpha value is -0.255. The van der Waals surface area contributed by atoms with E-state index in [-0.39, 0.29) is 0 Å². The largest absolute Gasteiger partial charge is 0.673 e. The third kappa shape index (κ3) is 10.9. The minimum Gasteiger partial charge on any atom is -0.418 e. The van der Waals surface area contributed by atoms with Gasteiger partial charge in [0, 0.05) is 5.92 Å². The van der Waals surface area contributed by atoms with Crippen molar-refractivity contribution in [2.75, 3.05) is 0 Å². The van der Waals surface area contributed by atoms with Crippen LogP contribution in [0, 0.1) is 5.92 Å². The minimum atomic E-state index is -6.00. The zero-order chi connectivity index (χ0) is 14.8. The minimum absolute atomic E-state index is 0.351. The first-order chi connectivity index (χ1) is 8.14. The van der Waals surface area contributed by atoms with Crippen LogP contribution in [-0.2, 0) is 0 Å². The number of hydrogen-bond donors (Lipinski definition) is 1. The van der Waals surface area contributed by atoms with Gasteiger partial charge in [-0.25, -0.2) is 0 Å². The molecule has 0 saturated carbocycles. The standard InChI is InChI=1S/C12H27N.BF4/c1-5-9-10-11(6-2)12(13,7-3)8-4;2-1(3,4)5/h11H,5-10,13H2,1-4H3;/q;-1/p+1.